The van der Waals surface area contributed by atoms with E-state index >= 15 is 0 Å². The summed E-state index contributed by atoms with van der Waals surface area (Å²) in [5.74, 6) is 0. The minimum Gasteiger partial charge on any atom is -0.368 e. The molecule has 0 saturated heterocycles. The van der Waals surface area contributed by atoms with Crippen LogP contribution in [0.1, 0.15) is 33.4 Å². The van der Waals surface area contributed by atoms with Crippen LogP contribution in [0, 0.1) is 11.3 Å². The standard InChI is InChI=1S/C36H27N3/c37-25-28-21-20-27(33-18-10-11-19-34(28)33)24-29-26-38-23-22-35(29)39-36(30-12-4-1-5-13-30,31-14-6-2-7-15-31)32-16-8-3-9-17-32/h1-23,26H,24H2,(H,38,39). The Morgan fingerprint density at radius 3 is 1.69 bits per heavy atom. The van der Waals surface area contributed by atoms with Crippen LogP contribution < -0.4 is 5.32 Å². The van der Waals surface area contributed by atoms with E-state index < -0.39 is 5.54 Å². The van der Waals surface area contributed by atoms with Gasteiger partial charge in [-0.15, -0.1) is 0 Å². The maximum atomic E-state index is 9.64. The lowest BCUT2D eigenvalue weighted by Crippen LogP contribution is -2.38. The number of pyridine rings is 1. The highest BCUT2D eigenvalue weighted by Crippen LogP contribution is 2.41. The quantitative estimate of drug-likeness (QED) is 0.225. The van der Waals surface area contributed by atoms with Gasteiger partial charge in [-0.25, -0.2) is 0 Å². The molecule has 0 bridgehead atoms. The maximum Gasteiger partial charge on any atom is 0.114 e. The van der Waals surface area contributed by atoms with Gasteiger partial charge in [-0.1, -0.05) is 121 Å². The monoisotopic (exact) mass is 501 g/mol. The molecule has 0 aliphatic heterocycles. The van der Waals surface area contributed by atoms with Gasteiger partial charge >= 0.3 is 0 Å². The summed E-state index contributed by atoms with van der Waals surface area (Å²) in [7, 11) is 0. The number of benzene rings is 5. The third kappa shape index (κ3) is 4.54. The molecule has 0 fully saturated rings. The van der Waals surface area contributed by atoms with Gasteiger partial charge in [0, 0.05) is 24.5 Å². The molecule has 186 valence electrons. The van der Waals surface area contributed by atoms with E-state index in [1.165, 1.54) is 0 Å². The first-order valence-corrected chi connectivity index (χ1v) is 13.1. The molecule has 39 heavy (non-hydrogen) atoms. The molecular formula is C36H27N3. The topological polar surface area (TPSA) is 48.7 Å². The SMILES string of the molecule is N#Cc1ccc(Cc2cnccc2NC(c2ccccc2)(c2ccccc2)c2ccccc2)c2ccccc12. The normalized spacial score (nSPS) is 11.2. The molecule has 0 aliphatic rings. The van der Waals surface area contributed by atoms with E-state index in [9.17, 15) is 5.26 Å². The lowest BCUT2D eigenvalue weighted by atomic mass is 9.76. The smallest absolute Gasteiger partial charge is 0.114 e. The molecule has 0 radical (unpaired) electrons. The zero-order valence-electron chi connectivity index (χ0n) is 21.5. The summed E-state index contributed by atoms with van der Waals surface area (Å²) in [5, 5.41) is 15.7. The number of anilines is 1. The number of nitrogens with one attached hydrogen (secondary N) is 1. The summed E-state index contributed by atoms with van der Waals surface area (Å²) in [4.78, 5) is 4.51. The van der Waals surface area contributed by atoms with Gasteiger partial charge in [-0.2, -0.15) is 5.26 Å². The molecule has 3 heteroatoms. The van der Waals surface area contributed by atoms with Crippen LogP contribution in [0.25, 0.3) is 10.8 Å². The summed E-state index contributed by atoms with van der Waals surface area (Å²) in [5.41, 5.74) is 6.75. The fourth-order valence-electron chi connectivity index (χ4n) is 5.49. The van der Waals surface area contributed by atoms with Gasteiger partial charge in [-0.05, 0) is 50.7 Å². The van der Waals surface area contributed by atoms with E-state index in [1.54, 1.807) is 0 Å². The molecule has 1 N–H and O–H groups in total. The summed E-state index contributed by atoms with van der Waals surface area (Å²) >= 11 is 0. The van der Waals surface area contributed by atoms with Crippen molar-refractivity contribution in [1.82, 2.24) is 4.98 Å². The van der Waals surface area contributed by atoms with Crippen molar-refractivity contribution in [2.75, 3.05) is 5.32 Å². The largest absolute Gasteiger partial charge is 0.368 e. The fourth-order valence-corrected chi connectivity index (χ4v) is 5.49. The maximum absolute atomic E-state index is 9.64. The third-order valence-electron chi connectivity index (χ3n) is 7.36. The Labute approximate surface area is 229 Å². The van der Waals surface area contributed by atoms with Crippen molar-refractivity contribution in [3.8, 4) is 6.07 Å². The van der Waals surface area contributed by atoms with Gasteiger partial charge in [0.15, 0.2) is 0 Å². The molecule has 1 heterocycles. The van der Waals surface area contributed by atoms with Gasteiger partial charge < -0.3 is 5.32 Å². The number of aromatic nitrogens is 1. The number of hydrogen-bond acceptors (Lipinski definition) is 3. The molecule has 6 rings (SSSR count). The van der Waals surface area contributed by atoms with Crippen LogP contribution in [-0.4, -0.2) is 4.98 Å². The number of nitriles is 1. The van der Waals surface area contributed by atoms with Crippen LogP contribution in [0.15, 0.2) is 146 Å². The van der Waals surface area contributed by atoms with E-state index in [1.807, 2.05) is 36.7 Å². The van der Waals surface area contributed by atoms with Crippen molar-refractivity contribution in [2.45, 2.75) is 12.0 Å². The predicted octanol–water partition coefficient (Wildman–Crippen LogP) is 8.10. The second-order valence-corrected chi connectivity index (χ2v) is 9.61. The second-order valence-electron chi connectivity index (χ2n) is 9.61. The van der Waals surface area contributed by atoms with Crippen molar-refractivity contribution in [3.63, 3.8) is 0 Å². The van der Waals surface area contributed by atoms with Crippen LogP contribution in [0.5, 0.6) is 0 Å². The van der Waals surface area contributed by atoms with Crippen molar-refractivity contribution < 1.29 is 0 Å². The van der Waals surface area contributed by atoms with Crippen molar-refractivity contribution in [1.29, 1.82) is 5.26 Å². The van der Waals surface area contributed by atoms with E-state index in [2.05, 4.69) is 126 Å². The van der Waals surface area contributed by atoms with Crippen LogP contribution >= 0.6 is 0 Å². The molecule has 0 spiro atoms. The van der Waals surface area contributed by atoms with E-state index in [0.717, 1.165) is 44.3 Å². The highest BCUT2D eigenvalue weighted by molar-refractivity contribution is 5.91. The first-order chi connectivity index (χ1) is 19.3. The molecule has 1 aromatic heterocycles. The minimum atomic E-state index is -0.632. The zero-order valence-corrected chi connectivity index (χ0v) is 21.5. The number of rotatable bonds is 7. The summed E-state index contributed by atoms with van der Waals surface area (Å²) in [6.45, 7) is 0. The molecule has 3 nitrogen and oxygen atoms in total. The van der Waals surface area contributed by atoms with Gasteiger partial charge in [-0.3, -0.25) is 4.98 Å². The fraction of sp³-hybridized carbons (Fsp3) is 0.0556. The molecule has 0 unspecified atom stereocenters. The van der Waals surface area contributed by atoms with Crippen LogP contribution in [0.4, 0.5) is 5.69 Å². The molecule has 0 atom stereocenters. The van der Waals surface area contributed by atoms with Crippen molar-refractivity contribution in [3.05, 3.63) is 179 Å². The predicted molar refractivity (Wildman–Crippen MR) is 159 cm³/mol. The Bertz CT molecular complexity index is 1660. The Kier molecular flexibility index (Phi) is 6.60. The van der Waals surface area contributed by atoms with Crippen LogP contribution in [0.3, 0.4) is 0 Å². The number of fused-ring (bicyclic) bond motifs is 1. The summed E-state index contributed by atoms with van der Waals surface area (Å²) in [6, 6.07) is 48.3. The average molecular weight is 502 g/mol. The Morgan fingerprint density at radius 2 is 1.13 bits per heavy atom. The summed E-state index contributed by atoms with van der Waals surface area (Å²) < 4.78 is 0. The van der Waals surface area contributed by atoms with Crippen molar-refractivity contribution >= 4 is 16.5 Å². The lowest BCUT2D eigenvalue weighted by Gasteiger charge is -2.38. The first kappa shape index (κ1) is 24.2. The lowest BCUT2D eigenvalue weighted by molar-refractivity contribution is 0.710. The molecule has 0 saturated carbocycles. The van der Waals surface area contributed by atoms with Gasteiger partial charge in [0.1, 0.15) is 5.54 Å². The van der Waals surface area contributed by atoms with Crippen LogP contribution in [-0.2, 0) is 12.0 Å². The first-order valence-electron chi connectivity index (χ1n) is 13.1. The second kappa shape index (κ2) is 10.7. The highest BCUT2D eigenvalue weighted by Gasteiger charge is 2.36. The minimum absolute atomic E-state index is 0.632. The van der Waals surface area contributed by atoms with Crippen molar-refractivity contribution in [2.24, 2.45) is 0 Å². The zero-order chi connectivity index (χ0) is 26.5. The van der Waals surface area contributed by atoms with Gasteiger partial charge in [0.2, 0.25) is 0 Å². The third-order valence-corrected chi connectivity index (χ3v) is 7.36. The van der Waals surface area contributed by atoms with Crippen LogP contribution in [0.2, 0.25) is 0 Å². The molecular weight excluding hydrogens is 474 g/mol. The number of nitrogens with zero attached hydrogens (tertiary/aromatic N) is 2. The Morgan fingerprint density at radius 1 is 0.590 bits per heavy atom. The average Bonchev–Trinajstić information content (AvgIpc) is 3.02. The van der Waals surface area contributed by atoms with Gasteiger partial charge in [0.25, 0.3) is 0 Å². The Balaban J connectivity index is 1.52. The molecule has 0 amide bonds. The number of hydrogen-bond donors (Lipinski definition) is 1. The summed E-state index contributed by atoms with van der Waals surface area (Å²) in [6.07, 6.45) is 4.46. The van der Waals surface area contributed by atoms with E-state index in [4.69, 9.17) is 0 Å². The van der Waals surface area contributed by atoms with Gasteiger partial charge in [0.05, 0.1) is 11.6 Å². The molecule has 6 aromatic rings. The van der Waals surface area contributed by atoms with E-state index in [-0.39, 0.29) is 0 Å². The molecule has 5 aromatic carbocycles. The van der Waals surface area contributed by atoms with E-state index in [0.29, 0.717) is 12.0 Å². The Hall–Kier alpha value is -5.20. The highest BCUT2D eigenvalue weighted by atomic mass is 15.0. The molecule has 0 aliphatic carbocycles.